The van der Waals surface area contributed by atoms with Crippen molar-refractivity contribution in [3.05, 3.63) is 40.6 Å². The Kier molecular flexibility index (Phi) is 4.29. The Bertz CT molecular complexity index is 833. The highest BCUT2D eigenvalue weighted by atomic mass is 79.9. The summed E-state index contributed by atoms with van der Waals surface area (Å²) in [5.41, 5.74) is 14.1. The van der Waals surface area contributed by atoms with E-state index in [0.717, 1.165) is 47.0 Å². The predicted octanol–water partition coefficient (Wildman–Crippen LogP) is 1.16. The number of pyridine rings is 1. The topological polar surface area (TPSA) is 94.7 Å². The van der Waals surface area contributed by atoms with Gasteiger partial charge in [0.2, 0.25) is 0 Å². The number of guanidine groups is 1. The summed E-state index contributed by atoms with van der Waals surface area (Å²) in [6.07, 6.45) is 4.85. The number of fused-ring (bicyclic) bond motifs is 3. The van der Waals surface area contributed by atoms with Crippen LogP contribution in [0.4, 0.5) is 0 Å². The molecule has 0 amide bonds. The van der Waals surface area contributed by atoms with Gasteiger partial charge in [0, 0.05) is 27.0 Å². The molecule has 0 unspecified atom stereocenters. The molecule has 0 bridgehead atoms. The molecule has 2 aromatic heterocycles. The molecular formula is C16H19BrN5+. The molecule has 3 aromatic rings. The van der Waals surface area contributed by atoms with Crippen molar-refractivity contribution in [2.24, 2.45) is 11.5 Å². The van der Waals surface area contributed by atoms with Crippen LogP contribution in [0.25, 0.3) is 21.8 Å². The van der Waals surface area contributed by atoms with Gasteiger partial charge in [-0.05, 0) is 37.5 Å². The highest BCUT2D eigenvalue weighted by molar-refractivity contribution is 9.10. The van der Waals surface area contributed by atoms with E-state index < -0.39 is 0 Å². The SMILES string of the molecule is NC(N)=[NH+]CCCCc1nccc2c1[nH]c1cc(Br)ccc12. The van der Waals surface area contributed by atoms with Gasteiger partial charge >= 0.3 is 5.96 Å². The fourth-order valence-corrected chi connectivity index (χ4v) is 3.06. The lowest BCUT2D eigenvalue weighted by Gasteiger charge is -2.01. The molecule has 0 aliphatic heterocycles. The molecule has 0 saturated carbocycles. The average molecular weight is 361 g/mol. The van der Waals surface area contributed by atoms with Crippen molar-refractivity contribution in [3.63, 3.8) is 0 Å². The molecule has 0 radical (unpaired) electrons. The number of aromatic nitrogens is 2. The zero-order valence-electron chi connectivity index (χ0n) is 12.2. The van der Waals surface area contributed by atoms with Crippen molar-refractivity contribution in [2.45, 2.75) is 19.3 Å². The number of aromatic amines is 1. The number of hydrogen-bond donors (Lipinski definition) is 4. The predicted molar refractivity (Wildman–Crippen MR) is 93.4 cm³/mol. The average Bonchev–Trinajstić information content (AvgIpc) is 2.84. The molecule has 6 N–H and O–H groups in total. The minimum absolute atomic E-state index is 0.279. The van der Waals surface area contributed by atoms with Crippen molar-refractivity contribution in [1.29, 1.82) is 0 Å². The summed E-state index contributed by atoms with van der Waals surface area (Å²) >= 11 is 3.51. The largest absolute Gasteiger partial charge is 0.353 e. The number of hydrogen-bond acceptors (Lipinski definition) is 1. The maximum absolute atomic E-state index is 5.38. The lowest BCUT2D eigenvalue weighted by molar-refractivity contribution is -0.459. The summed E-state index contributed by atoms with van der Waals surface area (Å²) < 4.78 is 1.07. The maximum Gasteiger partial charge on any atom is 0.338 e. The van der Waals surface area contributed by atoms with Crippen LogP contribution in [0.5, 0.6) is 0 Å². The zero-order valence-corrected chi connectivity index (χ0v) is 13.8. The molecule has 0 spiro atoms. The number of unbranched alkanes of at least 4 members (excludes halogenated alkanes) is 1. The third-order valence-corrected chi connectivity index (χ3v) is 4.22. The quantitative estimate of drug-likeness (QED) is 0.312. The molecule has 3 rings (SSSR count). The summed E-state index contributed by atoms with van der Waals surface area (Å²) in [4.78, 5) is 11.0. The second kappa shape index (κ2) is 6.36. The molecule has 114 valence electrons. The van der Waals surface area contributed by atoms with Crippen molar-refractivity contribution >= 4 is 43.7 Å². The zero-order chi connectivity index (χ0) is 15.5. The van der Waals surface area contributed by atoms with Gasteiger partial charge in [-0.15, -0.1) is 0 Å². The molecule has 0 aliphatic rings. The van der Waals surface area contributed by atoms with E-state index in [1.165, 1.54) is 10.8 Å². The van der Waals surface area contributed by atoms with E-state index in [1.807, 2.05) is 6.20 Å². The van der Waals surface area contributed by atoms with E-state index in [4.69, 9.17) is 11.5 Å². The van der Waals surface area contributed by atoms with E-state index in [-0.39, 0.29) is 5.96 Å². The number of rotatable bonds is 5. The Morgan fingerprint density at radius 3 is 2.86 bits per heavy atom. The fourth-order valence-electron chi connectivity index (χ4n) is 2.70. The number of nitrogens with two attached hydrogens (primary N) is 2. The van der Waals surface area contributed by atoms with Gasteiger partial charge in [0.15, 0.2) is 0 Å². The number of H-pyrrole nitrogens is 1. The van der Waals surface area contributed by atoms with Crippen LogP contribution in [0.2, 0.25) is 0 Å². The van der Waals surface area contributed by atoms with Crippen LogP contribution in [0, 0.1) is 0 Å². The van der Waals surface area contributed by atoms with E-state index in [9.17, 15) is 0 Å². The standard InChI is InChI=1S/C16H18BrN5/c17-10-4-5-11-12-6-8-20-13(15(12)22-14(11)9-10)3-1-2-7-21-16(18)19/h4-6,8-9,22H,1-3,7H2,(H4,18,19,21)/p+1. The minimum Gasteiger partial charge on any atom is -0.353 e. The van der Waals surface area contributed by atoms with Crippen LogP contribution < -0.4 is 16.5 Å². The van der Waals surface area contributed by atoms with Crippen LogP contribution in [0.15, 0.2) is 34.9 Å². The normalized spacial score (nSPS) is 11.1. The monoisotopic (exact) mass is 360 g/mol. The van der Waals surface area contributed by atoms with Crippen LogP contribution in [0.1, 0.15) is 18.5 Å². The van der Waals surface area contributed by atoms with Gasteiger partial charge in [0.25, 0.3) is 0 Å². The molecule has 0 fully saturated rings. The van der Waals surface area contributed by atoms with E-state index in [0.29, 0.717) is 0 Å². The summed E-state index contributed by atoms with van der Waals surface area (Å²) in [5, 5.41) is 2.46. The lowest BCUT2D eigenvalue weighted by atomic mass is 10.1. The first-order valence-corrected chi connectivity index (χ1v) is 8.11. The Labute approximate surface area is 136 Å². The van der Waals surface area contributed by atoms with Crippen molar-refractivity contribution in [2.75, 3.05) is 6.54 Å². The summed E-state index contributed by atoms with van der Waals surface area (Å²) in [6.45, 7) is 0.790. The fraction of sp³-hybridized carbons (Fsp3) is 0.250. The van der Waals surface area contributed by atoms with Gasteiger partial charge in [-0.25, -0.2) is 0 Å². The minimum atomic E-state index is 0.279. The number of benzene rings is 1. The maximum atomic E-state index is 5.38. The first-order valence-electron chi connectivity index (χ1n) is 7.32. The second-order valence-corrected chi connectivity index (χ2v) is 6.25. The Balaban J connectivity index is 1.84. The molecule has 6 heteroatoms. The van der Waals surface area contributed by atoms with E-state index >= 15 is 0 Å². The number of halogens is 1. The van der Waals surface area contributed by atoms with E-state index in [2.05, 4.69) is 55.2 Å². The Morgan fingerprint density at radius 2 is 2.05 bits per heavy atom. The number of aryl methyl sites for hydroxylation is 1. The Morgan fingerprint density at radius 1 is 1.18 bits per heavy atom. The third-order valence-electron chi connectivity index (χ3n) is 3.73. The van der Waals surface area contributed by atoms with Crippen LogP contribution in [-0.4, -0.2) is 22.5 Å². The summed E-state index contributed by atoms with van der Waals surface area (Å²) in [5.74, 6) is 0.279. The summed E-state index contributed by atoms with van der Waals surface area (Å²) in [7, 11) is 0. The van der Waals surface area contributed by atoms with Crippen LogP contribution in [-0.2, 0) is 6.42 Å². The van der Waals surface area contributed by atoms with Crippen molar-refractivity contribution < 1.29 is 4.99 Å². The van der Waals surface area contributed by atoms with Crippen LogP contribution in [0.3, 0.4) is 0 Å². The second-order valence-electron chi connectivity index (χ2n) is 5.33. The highest BCUT2D eigenvalue weighted by Crippen LogP contribution is 2.29. The molecule has 5 nitrogen and oxygen atoms in total. The van der Waals surface area contributed by atoms with Crippen molar-refractivity contribution in [3.8, 4) is 0 Å². The number of nitrogens with zero attached hydrogens (tertiary/aromatic N) is 1. The van der Waals surface area contributed by atoms with Gasteiger partial charge in [-0.3, -0.25) is 21.4 Å². The van der Waals surface area contributed by atoms with Gasteiger partial charge in [-0.2, -0.15) is 0 Å². The lowest BCUT2D eigenvalue weighted by Crippen LogP contribution is -2.78. The molecule has 2 heterocycles. The van der Waals surface area contributed by atoms with E-state index in [1.54, 1.807) is 0 Å². The van der Waals surface area contributed by atoms with Gasteiger partial charge in [0.1, 0.15) is 0 Å². The molecule has 0 aliphatic carbocycles. The number of nitrogens with one attached hydrogen (secondary N) is 2. The van der Waals surface area contributed by atoms with Crippen LogP contribution >= 0.6 is 15.9 Å². The van der Waals surface area contributed by atoms with Gasteiger partial charge in [0.05, 0.1) is 17.8 Å². The summed E-state index contributed by atoms with van der Waals surface area (Å²) in [6, 6.07) is 8.36. The third kappa shape index (κ3) is 3.06. The molecular weight excluding hydrogens is 342 g/mol. The molecule has 0 atom stereocenters. The highest BCUT2D eigenvalue weighted by Gasteiger charge is 2.09. The van der Waals surface area contributed by atoms with Gasteiger partial charge in [-0.1, -0.05) is 22.0 Å². The molecule has 0 saturated heterocycles. The van der Waals surface area contributed by atoms with Gasteiger partial charge < -0.3 is 4.98 Å². The first-order chi connectivity index (χ1) is 10.6. The van der Waals surface area contributed by atoms with Crippen molar-refractivity contribution in [1.82, 2.24) is 9.97 Å². The molecule has 1 aromatic carbocycles. The molecule has 22 heavy (non-hydrogen) atoms. The Hall–Kier alpha value is -2.08. The smallest absolute Gasteiger partial charge is 0.338 e. The first kappa shape index (κ1) is 14.8.